The molecule has 1 unspecified atom stereocenters. The molecule has 0 amide bonds. The molecular weight excluding hydrogens is 200 g/mol. The van der Waals surface area contributed by atoms with Crippen LogP contribution in [0.3, 0.4) is 0 Å². The van der Waals surface area contributed by atoms with Crippen molar-refractivity contribution in [2.45, 2.75) is 39.2 Å². The summed E-state index contributed by atoms with van der Waals surface area (Å²) in [6, 6.07) is 0. The predicted octanol–water partition coefficient (Wildman–Crippen LogP) is 1.83. The lowest BCUT2D eigenvalue weighted by molar-refractivity contribution is -0.0402. The lowest BCUT2D eigenvalue weighted by Gasteiger charge is -2.34. The van der Waals surface area contributed by atoms with Crippen LogP contribution < -0.4 is 0 Å². The molecule has 1 heterocycles. The number of nitrogens with zero attached hydrogens (tertiary/aromatic N) is 2. The van der Waals surface area contributed by atoms with E-state index in [1.54, 1.807) is 0 Å². The quantitative estimate of drug-likeness (QED) is 0.618. The zero-order valence-corrected chi connectivity index (χ0v) is 11.2. The van der Waals surface area contributed by atoms with E-state index in [0.29, 0.717) is 6.10 Å². The molecule has 0 aromatic carbocycles. The van der Waals surface area contributed by atoms with E-state index in [-0.39, 0.29) is 0 Å². The Morgan fingerprint density at radius 2 is 2.12 bits per heavy atom. The van der Waals surface area contributed by atoms with Crippen LogP contribution in [-0.2, 0) is 4.74 Å². The summed E-state index contributed by atoms with van der Waals surface area (Å²) in [5.74, 6) is 0. The fourth-order valence-electron chi connectivity index (χ4n) is 2.16. The molecule has 3 heteroatoms. The van der Waals surface area contributed by atoms with Crippen LogP contribution in [0.1, 0.15) is 33.1 Å². The third-order valence-electron chi connectivity index (χ3n) is 3.36. The number of rotatable bonds is 7. The van der Waals surface area contributed by atoms with Crippen LogP contribution in [0, 0.1) is 0 Å². The van der Waals surface area contributed by atoms with Crippen molar-refractivity contribution in [2.75, 3.05) is 46.4 Å². The van der Waals surface area contributed by atoms with Gasteiger partial charge in [0, 0.05) is 19.6 Å². The third-order valence-corrected chi connectivity index (χ3v) is 3.36. The van der Waals surface area contributed by atoms with Gasteiger partial charge in [-0.2, -0.15) is 0 Å². The molecule has 0 saturated carbocycles. The topological polar surface area (TPSA) is 15.7 Å². The normalized spacial score (nSPS) is 22.9. The van der Waals surface area contributed by atoms with Gasteiger partial charge in [-0.05, 0) is 26.6 Å². The molecule has 1 aliphatic heterocycles. The molecule has 1 rings (SSSR count). The largest absolute Gasteiger partial charge is 0.374 e. The van der Waals surface area contributed by atoms with Crippen molar-refractivity contribution in [2.24, 2.45) is 0 Å². The van der Waals surface area contributed by atoms with Gasteiger partial charge in [0.25, 0.3) is 0 Å². The monoisotopic (exact) mass is 228 g/mol. The minimum Gasteiger partial charge on any atom is -0.374 e. The van der Waals surface area contributed by atoms with Gasteiger partial charge in [-0.25, -0.2) is 0 Å². The van der Waals surface area contributed by atoms with Crippen LogP contribution in [-0.4, -0.2) is 62.3 Å². The molecule has 1 fully saturated rings. The molecule has 0 aliphatic carbocycles. The maximum atomic E-state index is 5.80. The van der Waals surface area contributed by atoms with Gasteiger partial charge in [0.1, 0.15) is 0 Å². The lowest BCUT2D eigenvalue weighted by atomic mass is 10.2. The SMILES string of the molecule is CCCCCN1CCOC(CN(C)CC)C1. The maximum Gasteiger partial charge on any atom is 0.0829 e. The molecular formula is C13H28N2O. The summed E-state index contributed by atoms with van der Waals surface area (Å²) in [6.45, 7) is 11.0. The standard InChI is InChI=1S/C13H28N2O/c1-4-6-7-8-15-9-10-16-13(12-15)11-14(3)5-2/h13H,4-12H2,1-3H3. The van der Waals surface area contributed by atoms with Gasteiger partial charge in [0.15, 0.2) is 0 Å². The fraction of sp³-hybridized carbons (Fsp3) is 1.00. The highest BCUT2D eigenvalue weighted by Gasteiger charge is 2.20. The Morgan fingerprint density at radius 3 is 2.81 bits per heavy atom. The lowest BCUT2D eigenvalue weighted by Crippen LogP contribution is -2.47. The van der Waals surface area contributed by atoms with Gasteiger partial charge in [-0.1, -0.05) is 26.7 Å². The summed E-state index contributed by atoms with van der Waals surface area (Å²) in [5.41, 5.74) is 0. The van der Waals surface area contributed by atoms with Crippen LogP contribution in [0.25, 0.3) is 0 Å². The van der Waals surface area contributed by atoms with Crippen molar-refractivity contribution in [3.05, 3.63) is 0 Å². The first-order valence-corrected chi connectivity index (χ1v) is 6.78. The number of hydrogen-bond donors (Lipinski definition) is 0. The van der Waals surface area contributed by atoms with Crippen LogP contribution in [0.15, 0.2) is 0 Å². The van der Waals surface area contributed by atoms with Crippen LogP contribution in [0.2, 0.25) is 0 Å². The first-order valence-electron chi connectivity index (χ1n) is 6.78. The molecule has 0 N–H and O–H groups in total. The molecule has 3 nitrogen and oxygen atoms in total. The maximum absolute atomic E-state index is 5.80. The minimum absolute atomic E-state index is 0.417. The molecule has 1 saturated heterocycles. The molecule has 16 heavy (non-hydrogen) atoms. The predicted molar refractivity (Wildman–Crippen MR) is 68.9 cm³/mol. The second-order valence-corrected chi connectivity index (χ2v) is 4.86. The van der Waals surface area contributed by atoms with Crippen molar-refractivity contribution < 1.29 is 4.74 Å². The van der Waals surface area contributed by atoms with E-state index in [0.717, 1.165) is 32.8 Å². The second-order valence-electron chi connectivity index (χ2n) is 4.86. The van der Waals surface area contributed by atoms with E-state index in [1.165, 1.54) is 25.8 Å². The molecule has 0 bridgehead atoms. The molecule has 96 valence electrons. The third kappa shape index (κ3) is 5.28. The smallest absolute Gasteiger partial charge is 0.0829 e. The molecule has 0 aromatic rings. The van der Waals surface area contributed by atoms with Crippen LogP contribution in [0.5, 0.6) is 0 Å². The average molecular weight is 228 g/mol. The van der Waals surface area contributed by atoms with Gasteiger partial charge in [0.05, 0.1) is 12.7 Å². The Hall–Kier alpha value is -0.120. The van der Waals surface area contributed by atoms with Crippen molar-refractivity contribution in [3.63, 3.8) is 0 Å². The van der Waals surface area contributed by atoms with E-state index in [2.05, 4.69) is 30.7 Å². The van der Waals surface area contributed by atoms with Crippen molar-refractivity contribution in [3.8, 4) is 0 Å². The summed E-state index contributed by atoms with van der Waals surface area (Å²) in [7, 11) is 2.17. The molecule has 0 radical (unpaired) electrons. The summed E-state index contributed by atoms with van der Waals surface area (Å²) in [4.78, 5) is 4.90. The highest BCUT2D eigenvalue weighted by molar-refractivity contribution is 4.73. The van der Waals surface area contributed by atoms with Crippen molar-refractivity contribution in [1.82, 2.24) is 9.80 Å². The first kappa shape index (κ1) is 13.9. The van der Waals surface area contributed by atoms with Gasteiger partial charge in [-0.15, -0.1) is 0 Å². The molecule has 0 spiro atoms. The van der Waals surface area contributed by atoms with Crippen molar-refractivity contribution >= 4 is 0 Å². The van der Waals surface area contributed by atoms with Gasteiger partial charge in [-0.3, -0.25) is 4.90 Å². The van der Waals surface area contributed by atoms with E-state index in [9.17, 15) is 0 Å². The fourth-order valence-corrected chi connectivity index (χ4v) is 2.16. The second kappa shape index (κ2) is 8.04. The first-order chi connectivity index (χ1) is 7.76. The van der Waals surface area contributed by atoms with Gasteiger partial charge in [0.2, 0.25) is 0 Å². The van der Waals surface area contributed by atoms with Gasteiger partial charge < -0.3 is 9.64 Å². The molecule has 1 atom stereocenters. The van der Waals surface area contributed by atoms with Crippen LogP contribution in [0.4, 0.5) is 0 Å². The Bertz CT molecular complexity index is 175. The number of hydrogen-bond acceptors (Lipinski definition) is 3. The Labute approximate surface area is 101 Å². The molecule has 1 aliphatic rings. The average Bonchev–Trinajstić information content (AvgIpc) is 2.30. The zero-order chi connectivity index (χ0) is 11.8. The van der Waals surface area contributed by atoms with E-state index >= 15 is 0 Å². The number of unbranched alkanes of at least 4 members (excludes halogenated alkanes) is 2. The summed E-state index contributed by atoms with van der Waals surface area (Å²) in [6.07, 6.45) is 4.43. The van der Waals surface area contributed by atoms with E-state index < -0.39 is 0 Å². The van der Waals surface area contributed by atoms with E-state index in [1.807, 2.05) is 0 Å². The number of likely N-dealkylation sites (N-methyl/N-ethyl adjacent to an activating group) is 1. The Morgan fingerprint density at radius 1 is 1.31 bits per heavy atom. The number of morpholine rings is 1. The summed E-state index contributed by atoms with van der Waals surface area (Å²) < 4.78 is 5.80. The molecule has 0 aromatic heterocycles. The van der Waals surface area contributed by atoms with E-state index in [4.69, 9.17) is 4.74 Å². The van der Waals surface area contributed by atoms with Crippen LogP contribution >= 0.6 is 0 Å². The highest BCUT2D eigenvalue weighted by Crippen LogP contribution is 2.08. The summed E-state index contributed by atoms with van der Waals surface area (Å²) in [5, 5.41) is 0. The van der Waals surface area contributed by atoms with Crippen molar-refractivity contribution in [1.29, 1.82) is 0 Å². The summed E-state index contributed by atoms with van der Waals surface area (Å²) >= 11 is 0. The van der Waals surface area contributed by atoms with Gasteiger partial charge >= 0.3 is 0 Å². The Balaban J connectivity index is 2.19. The Kier molecular flexibility index (Phi) is 7.01. The highest BCUT2D eigenvalue weighted by atomic mass is 16.5. The minimum atomic E-state index is 0.417. The number of ether oxygens (including phenoxy) is 1. The zero-order valence-electron chi connectivity index (χ0n) is 11.2.